The van der Waals surface area contributed by atoms with Gasteiger partial charge in [0.25, 0.3) is 11.5 Å². The minimum atomic E-state index is -0.931. The predicted octanol–water partition coefficient (Wildman–Crippen LogP) is 3.59. The van der Waals surface area contributed by atoms with E-state index in [4.69, 9.17) is 14.0 Å². The van der Waals surface area contributed by atoms with Crippen molar-refractivity contribution in [1.82, 2.24) is 10.1 Å². The second-order valence-corrected chi connectivity index (χ2v) is 9.57. The molecule has 3 aromatic rings. The number of fused-ring (bicyclic) bond motifs is 1. The second kappa shape index (κ2) is 10.1. The van der Waals surface area contributed by atoms with Crippen molar-refractivity contribution in [3.63, 3.8) is 0 Å². The third kappa shape index (κ3) is 4.97. The molecule has 9 heteroatoms. The Hall–Kier alpha value is -3.72. The molecule has 0 spiro atoms. The van der Waals surface area contributed by atoms with Crippen LogP contribution in [0.25, 0.3) is 0 Å². The van der Waals surface area contributed by atoms with Crippen molar-refractivity contribution in [3.8, 4) is 5.75 Å². The van der Waals surface area contributed by atoms with Crippen LogP contribution in [0.15, 0.2) is 51.8 Å². The van der Waals surface area contributed by atoms with Crippen LogP contribution in [-0.4, -0.2) is 49.1 Å². The lowest BCUT2D eigenvalue weighted by Crippen LogP contribution is -2.44. The van der Waals surface area contributed by atoms with Gasteiger partial charge in [0.15, 0.2) is 5.78 Å². The van der Waals surface area contributed by atoms with E-state index in [1.807, 2.05) is 19.9 Å². The highest BCUT2D eigenvalue weighted by Gasteiger charge is 2.37. The largest absolute Gasteiger partial charge is 0.497 e. The average Bonchev–Trinajstić information content (AvgIpc) is 3.28. The highest BCUT2D eigenvalue weighted by molar-refractivity contribution is 5.97. The summed E-state index contributed by atoms with van der Waals surface area (Å²) in [6.07, 6.45) is 0.410. The summed E-state index contributed by atoms with van der Waals surface area (Å²) in [6, 6.07) is 10.2. The van der Waals surface area contributed by atoms with Gasteiger partial charge in [-0.15, -0.1) is 0 Å². The molecule has 4 rings (SSSR count). The van der Waals surface area contributed by atoms with Gasteiger partial charge in [0.1, 0.15) is 17.6 Å². The fourth-order valence-corrected chi connectivity index (χ4v) is 4.78. The molecular weight excluding hydrogens is 467 g/mol. The van der Waals surface area contributed by atoms with E-state index < -0.39 is 28.7 Å². The van der Waals surface area contributed by atoms with E-state index in [1.165, 1.54) is 11.0 Å². The Kier molecular flexibility index (Phi) is 7.12. The molecule has 36 heavy (non-hydrogen) atoms. The normalized spacial score (nSPS) is 15.5. The number of aromatic amines is 1. The number of carbonyl (C=O) groups excluding carboxylic acids is 2. The van der Waals surface area contributed by atoms with Crippen LogP contribution in [0.1, 0.15) is 52.7 Å². The van der Waals surface area contributed by atoms with Crippen molar-refractivity contribution in [2.75, 3.05) is 27.4 Å². The van der Waals surface area contributed by atoms with E-state index in [2.05, 4.69) is 5.16 Å². The molecule has 0 radical (unpaired) electrons. The van der Waals surface area contributed by atoms with Crippen LogP contribution in [-0.2, 0) is 27.8 Å². The summed E-state index contributed by atoms with van der Waals surface area (Å²) in [4.78, 5) is 39.8. The van der Waals surface area contributed by atoms with Crippen LogP contribution in [0.3, 0.4) is 0 Å². The van der Waals surface area contributed by atoms with Gasteiger partial charge >= 0.3 is 0 Å². The third-order valence-corrected chi connectivity index (χ3v) is 6.52. The monoisotopic (exact) mass is 496 g/mol. The van der Waals surface area contributed by atoms with E-state index in [0.717, 1.165) is 11.6 Å². The molecule has 1 aliphatic heterocycles. The number of halogens is 1. The average molecular weight is 497 g/mol. The number of hydrogen-bond acceptors (Lipinski definition) is 6. The number of Topliss-reactive ketones (excluding diaryl/α,β-unsaturated/α-hetero) is 1. The summed E-state index contributed by atoms with van der Waals surface area (Å²) in [7, 11) is 3.12. The van der Waals surface area contributed by atoms with Crippen LogP contribution in [0, 0.1) is 5.82 Å². The van der Waals surface area contributed by atoms with Gasteiger partial charge in [-0.2, -0.15) is 5.16 Å². The van der Waals surface area contributed by atoms with Gasteiger partial charge in [0.2, 0.25) is 5.76 Å². The zero-order chi connectivity index (χ0) is 26.0. The number of ketones is 1. The maximum atomic E-state index is 15.0. The zero-order valence-corrected chi connectivity index (χ0v) is 20.7. The first-order chi connectivity index (χ1) is 17.1. The molecule has 1 aliphatic rings. The van der Waals surface area contributed by atoms with Gasteiger partial charge in [-0.25, -0.2) is 4.39 Å². The van der Waals surface area contributed by atoms with E-state index >= 15 is 4.39 Å². The maximum absolute atomic E-state index is 15.0. The summed E-state index contributed by atoms with van der Waals surface area (Å²) in [6.45, 7) is 4.35. The molecule has 0 saturated carbocycles. The number of methoxy groups -OCH3 is 2. The summed E-state index contributed by atoms with van der Waals surface area (Å²) in [5.41, 5.74) is 1.46. The number of nitrogens with zero attached hydrogens (tertiary/aromatic N) is 1. The van der Waals surface area contributed by atoms with Crippen molar-refractivity contribution in [2.45, 2.75) is 38.1 Å². The maximum Gasteiger partial charge on any atom is 0.293 e. The van der Waals surface area contributed by atoms with E-state index in [9.17, 15) is 14.4 Å². The van der Waals surface area contributed by atoms with Crippen LogP contribution >= 0.6 is 0 Å². The molecule has 1 aromatic heterocycles. The minimum Gasteiger partial charge on any atom is -0.497 e. The molecule has 1 N–H and O–H groups in total. The van der Waals surface area contributed by atoms with Crippen LogP contribution in [0.2, 0.25) is 0 Å². The zero-order valence-electron chi connectivity index (χ0n) is 20.7. The molecule has 190 valence electrons. The molecule has 0 unspecified atom stereocenters. The second-order valence-electron chi connectivity index (χ2n) is 9.57. The SMILES string of the molecule is COCC(C)(C)c1ccc(CC(=O)[C@H]2c3ccc(OC)cc3CCN2C(=O)c2cc(=O)[nH]o2)cc1F. The first-order valence-corrected chi connectivity index (χ1v) is 11.6. The number of hydrogen-bond donors (Lipinski definition) is 1. The topological polar surface area (TPSA) is 102 Å². The summed E-state index contributed by atoms with van der Waals surface area (Å²) < 4.78 is 30.6. The lowest BCUT2D eigenvalue weighted by Gasteiger charge is -2.36. The van der Waals surface area contributed by atoms with E-state index in [0.29, 0.717) is 35.5 Å². The van der Waals surface area contributed by atoms with Gasteiger partial charge in [-0.1, -0.05) is 32.0 Å². The van der Waals surface area contributed by atoms with Gasteiger partial charge in [0.05, 0.1) is 19.8 Å². The molecule has 2 aromatic carbocycles. The summed E-state index contributed by atoms with van der Waals surface area (Å²) in [5.74, 6) is -0.803. The first kappa shape index (κ1) is 25.4. The van der Waals surface area contributed by atoms with E-state index in [-0.39, 0.29) is 24.5 Å². The Morgan fingerprint density at radius 2 is 1.94 bits per heavy atom. The Bertz CT molecular complexity index is 1340. The van der Waals surface area contributed by atoms with E-state index in [1.54, 1.807) is 38.5 Å². The van der Waals surface area contributed by atoms with Crippen LogP contribution in [0.5, 0.6) is 5.75 Å². The Labute approximate surface area is 208 Å². The molecular formula is C27H29FN2O6. The van der Waals surface area contributed by atoms with Crippen molar-refractivity contribution in [3.05, 3.63) is 86.6 Å². The summed E-state index contributed by atoms with van der Waals surface area (Å²) >= 11 is 0. The number of benzene rings is 2. The Morgan fingerprint density at radius 3 is 2.58 bits per heavy atom. The molecule has 0 fully saturated rings. The third-order valence-electron chi connectivity index (χ3n) is 6.52. The highest BCUT2D eigenvalue weighted by atomic mass is 19.1. The van der Waals surface area contributed by atoms with Crippen molar-refractivity contribution in [1.29, 1.82) is 0 Å². The van der Waals surface area contributed by atoms with Gasteiger partial charge in [-0.05, 0) is 46.9 Å². The molecule has 8 nitrogen and oxygen atoms in total. The standard InChI is InChI=1S/C27H29FN2O6/c1-27(2,15-34-3)20-8-5-16(11-21(20)28)12-22(31)25-19-7-6-18(35-4)13-17(19)9-10-30(25)26(33)23-14-24(32)29-36-23/h5-8,11,13-14,25H,9-10,12,15H2,1-4H3,(H,29,32)/t25-/m1/s1. The number of H-pyrrole nitrogens is 1. The Balaban J connectivity index is 1.67. The molecule has 0 aliphatic carbocycles. The van der Waals surface area contributed by atoms with Gasteiger partial charge < -0.3 is 18.9 Å². The Morgan fingerprint density at radius 1 is 1.17 bits per heavy atom. The van der Waals surface area contributed by atoms with Gasteiger partial charge in [0, 0.05) is 25.5 Å². The number of rotatable bonds is 8. The smallest absolute Gasteiger partial charge is 0.293 e. The molecule has 2 heterocycles. The van der Waals surface area contributed by atoms with Crippen molar-refractivity contribution < 1.29 is 28.0 Å². The number of aromatic nitrogens is 1. The van der Waals surface area contributed by atoms with Gasteiger partial charge in [-0.3, -0.25) is 14.4 Å². The molecule has 1 atom stereocenters. The fraction of sp³-hybridized carbons (Fsp3) is 0.370. The summed E-state index contributed by atoms with van der Waals surface area (Å²) in [5, 5.41) is 2.11. The van der Waals surface area contributed by atoms with Crippen LogP contribution in [0.4, 0.5) is 4.39 Å². The van der Waals surface area contributed by atoms with Crippen LogP contribution < -0.4 is 10.3 Å². The number of ether oxygens (including phenoxy) is 2. The number of carbonyl (C=O) groups is 2. The van der Waals surface area contributed by atoms with Crippen molar-refractivity contribution >= 4 is 11.7 Å². The number of nitrogens with one attached hydrogen (secondary N) is 1. The number of amides is 1. The lowest BCUT2D eigenvalue weighted by molar-refractivity contribution is -0.123. The highest BCUT2D eigenvalue weighted by Crippen LogP contribution is 2.35. The predicted molar refractivity (Wildman–Crippen MR) is 130 cm³/mol. The molecule has 0 saturated heterocycles. The molecule has 1 amide bonds. The molecule has 0 bridgehead atoms. The van der Waals surface area contributed by atoms with Crippen molar-refractivity contribution in [2.24, 2.45) is 0 Å². The quantitative estimate of drug-likeness (QED) is 0.512. The minimum absolute atomic E-state index is 0.0844. The lowest BCUT2D eigenvalue weighted by atomic mass is 9.83. The first-order valence-electron chi connectivity index (χ1n) is 11.6. The fourth-order valence-electron chi connectivity index (χ4n) is 4.78.